The van der Waals surface area contributed by atoms with Crippen LogP contribution < -0.4 is 4.90 Å². The van der Waals surface area contributed by atoms with Crippen molar-refractivity contribution in [2.45, 2.75) is 5.41 Å². The molecule has 0 radical (unpaired) electrons. The second kappa shape index (κ2) is 17.6. The van der Waals surface area contributed by atoms with E-state index in [1.54, 1.807) is 0 Å². The van der Waals surface area contributed by atoms with Crippen LogP contribution in [0.4, 0.5) is 17.1 Å². The van der Waals surface area contributed by atoms with Gasteiger partial charge in [0.05, 0.1) is 16.4 Å². The molecule has 1 aliphatic carbocycles. The number of nitrogens with zero attached hydrogens (tertiary/aromatic N) is 2. The predicted molar refractivity (Wildman–Crippen MR) is 316 cm³/mol. The van der Waals surface area contributed by atoms with Crippen molar-refractivity contribution in [1.82, 2.24) is 4.57 Å². The second-order valence-corrected chi connectivity index (χ2v) is 20.0. The topological polar surface area (TPSA) is 21.3 Å². The fourth-order valence-electron chi connectivity index (χ4n) is 12.5. The Balaban J connectivity index is 0.835. The van der Waals surface area contributed by atoms with E-state index in [1.807, 2.05) is 12.1 Å². The number of anilines is 3. The molecule has 2 aromatic heterocycles. The average Bonchev–Trinajstić information content (AvgIpc) is 4.25. The van der Waals surface area contributed by atoms with Crippen LogP contribution in [0.15, 0.2) is 296 Å². The van der Waals surface area contributed by atoms with Gasteiger partial charge in [0.25, 0.3) is 0 Å². The minimum absolute atomic E-state index is 0.483. The van der Waals surface area contributed by atoms with Gasteiger partial charge in [0, 0.05) is 49.9 Å². The molecule has 1 aliphatic rings. The maximum atomic E-state index is 6.48. The minimum Gasteiger partial charge on any atom is -0.455 e. The summed E-state index contributed by atoms with van der Waals surface area (Å²) in [6.07, 6.45) is 0. The number of hydrogen-bond acceptors (Lipinski definition) is 2. The van der Waals surface area contributed by atoms with Crippen LogP contribution in [0.25, 0.3) is 93.9 Å². The van der Waals surface area contributed by atoms with Crippen molar-refractivity contribution in [3.63, 3.8) is 0 Å². The lowest BCUT2D eigenvalue weighted by atomic mass is 9.68. The standard InChI is InChI=1S/C73H48N2O/c1-3-19-54(20-4-1)73(55-21-5-2-6-22-55)67-29-11-7-23-61(67)66-48-59(45-46-68(66)73)74(56-39-33-49(34-40-56)50-35-43-58(44-36-50)75-69-30-12-8-24-62(69)63-25-9-13-31-70(63)75)57-41-37-51(38-42-57)52-17-15-18-53(47-52)60-27-16-28-65-64-26-10-14-32-71(64)76-72(60)65/h1-48H. The first-order chi connectivity index (χ1) is 37.7. The Kier molecular flexibility index (Phi) is 10.1. The molecule has 15 rings (SSSR count). The largest absolute Gasteiger partial charge is 0.455 e. The Morgan fingerprint density at radius 3 is 1.46 bits per heavy atom. The molecule has 12 aromatic carbocycles. The van der Waals surface area contributed by atoms with E-state index in [0.29, 0.717) is 0 Å². The van der Waals surface area contributed by atoms with E-state index >= 15 is 0 Å². The molecule has 0 N–H and O–H groups in total. The zero-order chi connectivity index (χ0) is 50.2. The van der Waals surface area contributed by atoms with Gasteiger partial charge in [-0.15, -0.1) is 0 Å². The van der Waals surface area contributed by atoms with Gasteiger partial charge in [0.15, 0.2) is 0 Å². The number of hydrogen-bond donors (Lipinski definition) is 0. The maximum Gasteiger partial charge on any atom is 0.143 e. The lowest BCUT2D eigenvalue weighted by Crippen LogP contribution is -2.28. The predicted octanol–water partition coefficient (Wildman–Crippen LogP) is 19.5. The summed E-state index contributed by atoms with van der Waals surface area (Å²) >= 11 is 0. The van der Waals surface area contributed by atoms with Crippen molar-refractivity contribution < 1.29 is 4.42 Å². The molecule has 0 fully saturated rings. The van der Waals surface area contributed by atoms with Gasteiger partial charge in [-0.1, -0.05) is 218 Å². The van der Waals surface area contributed by atoms with E-state index in [-0.39, 0.29) is 0 Å². The molecule has 0 saturated carbocycles. The molecule has 0 bridgehead atoms. The first-order valence-electron chi connectivity index (χ1n) is 26.1. The van der Waals surface area contributed by atoms with Gasteiger partial charge in [-0.3, -0.25) is 0 Å². The minimum atomic E-state index is -0.483. The molecular weight excluding hydrogens is 921 g/mol. The number of rotatable bonds is 9. The van der Waals surface area contributed by atoms with Gasteiger partial charge < -0.3 is 13.9 Å². The van der Waals surface area contributed by atoms with E-state index in [2.05, 4.69) is 289 Å². The summed E-state index contributed by atoms with van der Waals surface area (Å²) in [4.78, 5) is 2.41. The maximum absolute atomic E-state index is 6.48. The third-order valence-electron chi connectivity index (χ3n) is 15.9. The highest BCUT2D eigenvalue weighted by molar-refractivity contribution is 6.10. The number of fused-ring (bicyclic) bond motifs is 9. The Hall–Kier alpha value is -9.96. The SMILES string of the molecule is c1ccc(C2(c3ccccc3)c3ccccc3-c3cc(N(c4ccc(-c5ccc(-n6c7ccccc7c7ccccc76)cc5)cc4)c4ccc(-c5cccc(-c6cccc7c6oc6ccccc67)c5)cc4)ccc32)cc1. The van der Waals surface area contributed by atoms with E-state index in [4.69, 9.17) is 4.42 Å². The average molecular weight is 969 g/mol. The number of furan rings is 1. The van der Waals surface area contributed by atoms with Crippen molar-refractivity contribution in [2.75, 3.05) is 4.90 Å². The first-order valence-corrected chi connectivity index (χ1v) is 26.1. The van der Waals surface area contributed by atoms with Gasteiger partial charge in [-0.25, -0.2) is 0 Å². The van der Waals surface area contributed by atoms with Crippen LogP contribution in [0.2, 0.25) is 0 Å². The van der Waals surface area contributed by atoms with Crippen molar-refractivity contribution in [3.8, 4) is 50.2 Å². The number of para-hydroxylation sites is 4. The molecule has 3 nitrogen and oxygen atoms in total. The van der Waals surface area contributed by atoms with Crippen molar-refractivity contribution in [2.24, 2.45) is 0 Å². The van der Waals surface area contributed by atoms with Crippen molar-refractivity contribution in [3.05, 3.63) is 313 Å². The fourth-order valence-corrected chi connectivity index (χ4v) is 12.5. The zero-order valence-corrected chi connectivity index (χ0v) is 41.5. The van der Waals surface area contributed by atoms with Crippen molar-refractivity contribution in [1.29, 1.82) is 0 Å². The van der Waals surface area contributed by atoms with Crippen LogP contribution in [0.1, 0.15) is 22.3 Å². The fraction of sp³-hybridized carbons (Fsp3) is 0.0137. The van der Waals surface area contributed by atoms with E-state index < -0.39 is 5.41 Å². The summed E-state index contributed by atoms with van der Waals surface area (Å²) in [5, 5.41) is 4.79. The first kappa shape index (κ1) is 43.6. The van der Waals surface area contributed by atoms with Gasteiger partial charge >= 0.3 is 0 Å². The Bertz CT molecular complexity index is 4400. The van der Waals surface area contributed by atoms with Crippen LogP contribution in [-0.2, 0) is 5.41 Å². The summed E-state index contributed by atoms with van der Waals surface area (Å²) in [5.41, 5.74) is 22.5. The van der Waals surface area contributed by atoms with Gasteiger partial charge in [-0.05, 0) is 134 Å². The molecule has 3 heteroatoms. The zero-order valence-electron chi connectivity index (χ0n) is 41.5. The smallest absolute Gasteiger partial charge is 0.143 e. The molecule has 0 saturated heterocycles. The molecule has 76 heavy (non-hydrogen) atoms. The third-order valence-corrected chi connectivity index (χ3v) is 15.9. The van der Waals surface area contributed by atoms with Crippen LogP contribution >= 0.6 is 0 Å². The van der Waals surface area contributed by atoms with Crippen LogP contribution in [0.5, 0.6) is 0 Å². The molecule has 0 aliphatic heterocycles. The van der Waals surface area contributed by atoms with Gasteiger partial charge in [0.2, 0.25) is 0 Å². The number of aromatic nitrogens is 1. The van der Waals surface area contributed by atoms with Crippen LogP contribution in [0.3, 0.4) is 0 Å². The molecule has 0 atom stereocenters. The van der Waals surface area contributed by atoms with Crippen molar-refractivity contribution >= 4 is 60.8 Å². The number of benzene rings is 12. The lowest BCUT2D eigenvalue weighted by molar-refractivity contribution is 0.670. The monoisotopic (exact) mass is 968 g/mol. The Morgan fingerprint density at radius 2 is 0.789 bits per heavy atom. The highest BCUT2D eigenvalue weighted by atomic mass is 16.3. The summed E-state index contributed by atoms with van der Waals surface area (Å²) in [7, 11) is 0. The van der Waals surface area contributed by atoms with E-state index in [0.717, 1.165) is 78.1 Å². The summed E-state index contributed by atoms with van der Waals surface area (Å²) in [6, 6.07) is 106. The highest BCUT2D eigenvalue weighted by Crippen LogP contribution is 2.57. The normalized spacial score (nSPS) is 12.6. The molecule has 0 spiro atoms. The Labute approximate surface area is 441 Å². The molecule has 0 unspecified atom stereocenters. The summed E-state index contributed by atoms with van der Waals surface area (Å²) < 4.78 is 8.86. The Morgan fingerprint density at radius 1 is 0.303 bits per heavy atom. The van der Waals surface area contributed by atoms with E-state index in [1.165, 1.54) is 55.2 Å². The molecule has 14 aromatic rings. The van der Waals surface area contributed by atoms with E-state index in [9.17, 15) is 0 Å². The summed E-state index contributed by atoms with van der Waals surface area (Å²) in [5.74, 6) is 0. The quantitative estimate of drug-likeness (QED) is 0.144. The lowest BCUT2D eigenvalue weighted by Gasteiger charge is -2.34. The molecule has 2 heterocycles. The van der Waals surface area contributed by atoms with Crippen LogP contribution in [0, 0.1) is 0 Å². The third kappa shape index (κ3) is 6.83. The van der Waals surface area contributed by atoms with Gasteiger partial charge in [-0.2, -0.15) is 0 Å². The summed E-state index contributed by atoms with van der Waals surface area (Å²) in [6.45, 7) is 0. The van der Waals surface area contributed by atoms with Crippen LogP contribution in [-0.4, -0.2) is 4.57 Å². The molecule has 0 amide bonds. The molecule has 356 valence electrons. The highest BCUT2D eigenvalue weighted by Gasteiger charge is 2.46. The second-order valence-electron chi connectivity index (χ2n) is 20.0. The molecular formula is C73H48N2O. The van der Waals surface area contributed by atoms with Gasteiger partial charge in [0.1, 0.15) is 11.2 Å².